The quantitative estimate of drug-likeness (QED) is 0.679. The second kappa shape index (κ2) is 8.01. The maximum atomic E-state index is 12.6. The van der Waals surface area contributed by atoms with Gasteiger partial charge < -0.3 is 20.1 Å². The van der Waals surface area contributed by atoms with Gasteiger partial charge >= 0.3 is 6.09 Å². The number of methoxy groups -OCH3 is 1. The van der Waals surface area contributed by atoms with Crippen molar-refractivity contribution in [1.82, 2.24) is 29.6 Å². The van der Waals surface area contributed by atoms with Crippen LogP contribution >= 0.6 is 0 Å². The van der Waals surface area contributed by atoms with Crippen LogP contribution in [0.2, 0.25) is 0 Å². The van der Waals surface area contributed by atoms with Crippen molar-refractivity contribution in [3.63, 3.8) is 0 Å². The fourth-order valence-corrected chi connectivity index (χ4v) is 3.74. The lowest BCUT2D eigenvalue weighted by molar-refractivity contribution is 0.0169. The number of hydrogen-bond acceptors (Lipinski definition) is 8. The van der Waals surface area contributed by atoms with Crippen LogP contribution in [0.15, 0.2) is 24.7 Å². The van der Waals surface area contributed by atoms with Gasteiger partial charge in [0.25, 0.3) is 0 Å². The molecular weight excluding hydrogens is 398 g/mol. The molecule has 0 aromatic carbocycles. The van der Waals surface area contributed by atoms with Crippen LogP contribution < -0.4 is 10.5 Å². The third-order valence-electron chi connectivity index (χ3n) is 5.13. The van der Waals surface area contributed by atoms with E-state index in [1.165, 1.54) is 6.33 Å². The minimum atomic E-state index is -0.543. The standard InChI is InChI=1S/C21H27N7O3/c1-21(2,3)31-20(29)27-9-5-6-14(11-27)28-19-16(18(22)24-12-25-19)17(26-28)13-7-8-15(30-4)23-10-13/h7-8,10,12,14H,5-6,9,11H2,1-4H3,(H2,22,24,25)/t14-/m1/s1. The van der Waals surface area contributed by atoms with E-state index in [-0.39, 0.29) is 12.1 Å². The highest BCUT2D eigenvalue weighted by Gasteiger charge is 2.31. The molecule has 0 saturated carbocycles. The largest absolute Gasteiger partial charge is 0.481 e. The fraction of sp³-hybridized carbons (Fsp3) is 0.476. The topological polar surface area (TPSA) is 121 Å². The van der Waals surface area contributed by atoms with Gasteiger partial charge in [0.2, 0.25) is 5.88 Å². The number of nitrogen functional groups attached to an aromatic ring is 1. The molecule has 0 aliphatic carbocycles. The van der Waals surface area contributed by atoms with E-state index < -0.39 is 5.60 Å². The fourth-order valence-electron chi connectivity index (χ4n) is 3.74. The molecular formula is C21H27N7O3. The molecule has 4 heterocycles. The lowest BCUT2D eigenvalue weighted by atomic mass is 10.1. The number of anilines is 1. The number of carbonyl (C=O) groups excluding carboxylic acids is 1. The highest BCUT2D eigenvalue weighted by atomic mass is 16.6. The molecule has 4 rings (SSSR count). The van der Waals surface area contributed by atoms with Crippen molar-refractivity contribution in [2.24, 2.45) is 0 Å². The van der Waals surface area contributed by atoms with E-state index in [1.807, 2.05) is 31.5 Å². The number of amides is 1. The first-order valence-corrected chi connectivity index (χ1v) is 10.2. The van der Waals surface area contributed by atoms with Crippen LogP contribution in [-0.4, -0.2) is 61.5 Å². The number of rotatable bonds is 3. The maximum absolute atomic E-state index is 12.6. The number of carbonyl (C=O) groups is 1. The van der Waals surface area contributed by atoms with E-state index in [0.717, 1.165) is 18.4 Å². The van der Waals surface area contributed by atoms with Crippen molar-refractivity contribution >= 4 is 22.9 Å². The zero-order chi connectivity index (χ0) is 22.2. The summed E-state index contributed by atoms with van der Waals surface area (Å²) in [6.07, 6.45) is 4.50. The minimum absolute atomic E-state index is 0.0574. The van der Waals surface area contributed by atoms with Gasteiger partial charge in [0.1, 0.15) is 23.4 Å². The number of piperidine rings is 1. The molecule has 1 aliphatic heterocycles. The molecule has 0 bridgehead atoms. The van der Waals surface area contributed by atoms with Crippen LogP contribution in [0, 0.1) is 0 Å². The Labute approximate surface area is 180 Å². The summed E-state index contributed by atoms with van der Waals surface area (Å²) >= 11 is 0. The molecule has 3 aromatic heterocycles. The molecule has 0 unspecified atom stereocenters. The number of nitrogens with zero attached hydrogens (tertiary/aromatic N) is 6. The Morgan fingerprint density at radius 3 is 2.71 bits per heavy atom. The molecule has 3 aromatic rings. The summed E-state index contributed by atoms with van der Waals surface area (Å²) < 4.78 is 12.6. The Bertz CT molecular complexity index is 1090. The van der Waals surface area contributed by atoms with Crippen LogP contribution in [0.5, 0.6) is 5.88 Å². The first-order chi connectivity index (χ1) is 14.8. The highest BCUT2D eigenvalue weighted by Crippen LogP contribution is 2.34. The van der Waals surface area contributed by atoms with E-state index in [0.29, 0.717) is 41.5 Å². The number of nitrogens with two attached hydrogens (primary N) is 1. The van der Waals surface area contributed by atoms with Crippen molar-refractivity contribution in [3.8, 4) is 17.1 Å². The SMILES string of the molecule is COc1ccc(-c2nn([C@@H]3CCCN(C(=O)OC(C)(C)C)C3)c3ncnc(N)c23)cn1. The summed E-state index contributed by atoms with van der Waals surface area (Å²) in [7, 11) is 1.57. The lowest BCUT2D eigenvalue weighted by Crippen LogP contribution is -2.43. The Morgan fingerprint density at radius 2 is 2.03 bits per heavy atom. The minimum Gasteiger partial charge on any atom is -0.481 e. The van der Waals surface area contributed by atoms with Crippen LogP contribution in [-0.2, 0) is 4.74 Å². The van der Waals surface area contributed by atoms with Crippen LogP contribution in [0.3, 0.4) is 0 Å². The van der Waals surface area contributed by atoms with Gasteiger partial charge in [-0.15, -0.1) is 0 Å². The van der Waals surface area contributed by atoms with E-state index in [2.05, 4.69) is 15.0 Å². The Balaban J connectivity index is 1.71. The van der Waals surface area contributed by atoms with E-state index in [9.17, 15) is 4.79 Å². The third kappa shape index (κ3) is 4.23. The number of likely N-dealkylation sites (tertiary alicyclic amines) is 1. The Kier molecular flexibility index (Phi) is 5.38. The predicted octanol–water partition coefficient (Wildman–Crippen LogP) is 3.05. The number of fused-ring (bicyclic) bond motifs is 1. The normalized spacial score (nSPS) is 17.0. The molecule has 1 amide bonds. The highest BCUT2D eigenvalue weighted by molar-refractivity contribution is 5.98. The van der Waals surface area contributed by atoms with E-state index >= 15 is 0 Å². The number of pyridine rings is 1. The van der Waals surface area contributed by atoms with Gasteiger partial charge in [-0.2, -0.15) is 5.10 Å². The molecule has 31 heavy (non-hydrogen) atoms. The van der Waals surface area contributed by atoms with Crippen LogP contribution in [0.25, 0.3) is 22.3 Å². The Morgan fingerprint density at radius 1 is 1.23 bits per heavy atom. The number of aromatic nitrogens is 5. The van der Waals surface area contributed by atoms with Gasteiger partial charge in [-0.1, -0.05) is 0 Å². The van der Waals surface area contributed by atoms with Gasteiger partial charge in [0, 0.05) is 30.9 Å². The summed E-state index contributed by atoms with van der Waals surface area (Å²) in [6, 6.07) is 3.58. The third-order valence-corrected chi connectivity index (χ3v) is 5.13. The van der Waals surface area contributed by atoms with Gasteiger partial charge in [-0.3, -0.25) is 0 Å². The van der Waals surface area contributed by atoms with E-state index in [4.69, 9.17) is 20.3 Å². The summed E-state index contributed by atoms with van der Waals surface area (Å²) in [5.41, 5.74) is 7.73. The number of ether oxygens (including phenoxy) is 2. The molecule has 10 nitrogen and oxygen atoms in total. The molecule has 1 saturated heterocycles. The average Bonchev–Trinajstić information content (AvgIpc) is 3.14. The molecule has 0 spiro atoms. The Hall–Kier alpha value is -3.43. The van der Waals surface area contributed by atoms with Crippen LogP contribution in [0.4, 0.5) is 10.6 Å². The van der Waals surface area contributed by atoms with Crippen molar-refractivity contribution in [1.29, 1.82) is 0 Å². The first-order valence-electron chi connectivity index (χ1n) is 10.2. The van der Waals surface area contributed by atoms with Gasteiger partial charge in [-0.05, 0) is 39.7 Å². The van der Waals surface area contributed by atoms with Crippen molar-refractivity contribution in [2.75, 3.05) is 25.9 Å². The second-order valence-electron chi connectivity index (χ2n) is 8.56. The summed E-state index contributed by atoms with van der Waals surface area (Å²) in [5.74, 6) is 0.860. The molecule has 1 fully saturated rings. The monoisotopic (exact) mass is 425 g/mol. The van der Waals surface area contributed by atoms with Gasteiger partial charge in [0.05, 0.1) is 18.5 Å². The second-order valence-corrected chi connectivity index (χ2v) is 8.56. The van der Waals surface area contributed by atoms with E-state index in [1.54, 1.807) is 24.3 Å². The summed E-state index contributed by atoms with van der Waals surface area (Å²) in [6.45, 7) is 6.72. The smallest absolute Gasteiger partial charge is 0.410 e. The average molecular weight is 425 g/mol. The number of hydrogen-bond donors (Lipinski definition) is 1. The van der Waals surface area contributed by atoms with Crippen molar-refractivity contribution in [3.05, 3.63) is 24.7 Å². The first kappa shape index (κ1) is 20.8. The summed E-state index contributed by atoms with van der Waals surface area (Å²) in [4.78, 5) is 27.2. The molecule has 2 N–H and O–H groups in total. The van der Waals surface area contributed by atoms with Crippen molar-refractivity contribution < 1.29 is 14.3 Å². The summed E-state index contributed by atoms with van der Waals surface area (Å²) in [5, 5.41) is 5.51. The lowest BCUT2D eigenvalue weighted by Gasteiger charge is -2.34. The zero-order valence-corrected chi connectivity index (χ0v) is 18.2. The van der Waals surface area contributed by atoms with Crippen LogP contribution in [0.1, 0.15) is 39.7 Å². The molecule has 10 heteroatoms. The predicted molar refractivity (Wildman–Crippen MR) is 116 cm³/mol. The maximum Gasteiger partial charge on any atom is 0.410 e. The molecule has 1 atom stereocenters. The molecule has 164 valence electrons. The molecule has 1 aliphatic rings. The molecule has 0 radical (unpaired) electrons. The van der Waals surface area contributed by atoms with Crippen molar-refractivity contribution in [2.45, 2.75) is 45.3 Å². The van der Waals surface area contributed by atoms with Gasteiger partial charge in [0.15, 0.2) is 5.65 Å². The van der Waals surface area contributed by atoms with Gasteiger partial charge in [-0.25, -0.2) is 24.4 Å². The zero-order valence-electron chi connectivity index (χ0n) is 18.2.